The van der Waals surface area contributed by atoms with E-state index in [-0.39, 0.29) is 43.1 Å². The number of rotatable bonds is 5. The van der Waals surface area contributed by atoms with Crippen molar-refractivity contribution in [3.05, 3.63) is 46.8 Å². The summed E-state index contributed by atoms with van der Waals surface area (Å²) in [7, 11) is 1.99. The van der Waals surface area contributed by atoms with Crippen LogP contribution in [0, 0.1) is 13.8 Å². The topological polar surface area (TPSA) is 67.4 Å². The van der Waals surface area contributed by atoms with E-state index < -0.39 is 0 Å². The van der Waals surface area contributed by atoms with Crippen LogP contribution in [-0.4, -0.2) is 51.7 Å². The molecule has 1 amide bonds. The van der Waals surface area contributed by atoms with Crippen molar-refractivity contribution in [3.63, 3.8) is 0 Å². The van der Waals surface area contributed by atoms with Crippen LogP contribution in [0.1, 0.15) is 28.9 Å². The van der Waals surface area contributed by atoms with Gasteiger partial charge in [0.15, 0.2) is 0 Å². The smallest absolute Gasteiger partial charge is 0.222 e. The lowest BCUT2D eigenvalue weighted by Gasteiger charge is -2.35. The van der Waals surface area contributed by atoms with Crippen molar-refractivity contribution in [2.24, 2.45) is 7.05 Å². The predicted molar refractivity (Wildman–Crippen MR) is 125 cm³/mol. The van der Waals surface area contributed by atoms with Crippen molar-refractivity contribution < 1.29 is 4.79 Å². The zero-order valence-corrected chi connectivity index (χ0v) is 19.7. The second kappa shape index (κ2) is 12.3. The Hall–Kier alpha value is -1.47. The highest BCUT2D eigenvalue weighted by molar-refractivity contribution is 5.86. The van der Waals surface area contributed by atoms with Gasteiger partial charge >= 0.3 is 0 Å². The summed E-state index contributed by atoms with van der Waals surface area (Å²) in [6.07, 6.45) is 1.23. The van der Waals surface area contributed by atoms with Gasteiger partial charge in [-0.2, -0.15) is 5.10 Å². The van der Waals surface area contributed by atoms with E-state index in [0.717, 1.165) is 49.7 Å². The minimum Gasteiger partial charge on any atom is -0.399 e. The lowest BCUT2D eigenvalue weighted by atomic mass is 10.1. The first-order valence-corrected chi connectivity index (χ1v) is 9.28. The molecule has 1 aromatic heterocycles. The van der Waals surface area contributed by atoms with Gasteiger partial charge in [0.25, 0.3) is 0 Å². The number of para-hydroxylation sites is 1. The van der Waals surface area contributed by atoms with Crippen molar-refractivity contribution >= 4 is 48.8 Å². The van der Waals surface area contributed by atoms with Crippen LogP contribution in [0.5, 0.6) is 0 Å². The van der Waals surface area contributed by atoms with Gasteiger partial charge in [0.2, 0.25) is 5.91 Å². The molecule has 1 aromatic carbocycles. The van der Waals surface area contributed by atoms with E-state index in [1.165, 1.54) is 11.3 Å². The molecule has 1 fully saturated rings. The standard InChI is InChI=1S/C20H29N5O.3ClH/c1-15-18(16(2)23(3)22-15)14-24-10-12-25(13-11-24)20(26)9-8-17-6-4-5-7-19(17)21;;;/h4-7H,8-14,21H2,1-3H3;3*1H. The predicted octanol–water partition coefficient (Wildman–Crippen LogP) is 3.16. The number of hydrogen-bond acceptors (Lipinski definition) is 4. The molecule has 3 rings (SSSR count). The number of piperazine rings is 1. The van der Waals surface area contributed by atoms with Crippen LogP contribution < -0.4 is 5.73 Å². The zero-order chi connectivity index (χ0) is 18.7. The number of benzene rings is 1. The number of aryl methyl sites for hydroxylation is 3. The Bertz CT molecular complexity index is 788. The molecule has 2 N–H and O–H groups in total. The normalized spacial score (nSPS) is 13.8. The van der Waals surface area contributed by atoms with E-state index in [4.69, 9.17) is 5.73 Å². The summed E-state index contributed by atoms with van der Waals surface area (Å²) < 4.78 is 1.94. The van der Waals surface area contributed by atoms with Gasteiger partial charge in [-0.1, -0.05) is 18.2 Å². The Morgan fingerprint density at radius 2 is 1.69 bits per heavy atom. The molecule has 0 bridgehead atoms. The minimum absolute atomic E-state index is 0. The molecule has 9 heteroatoms. The van der Waals surface area contributed by atoms with Crippen molar-refractivity contribution in [1.29, 1.82) is 0 Å². The van der Waals surface area contributed by atoms with Crippen LogP contribution in [0.15, 0.2) is 24.3 Å². The molecule has 1 aliphatic rings. The fraction of sp³-hybridized carbons (Fsp3) is 0.500. The molecule has 1 saturated heterocycles. The first-order valence-electron chi connectivity index (χ1n) is 9.28. The summed E-state index contributed by atoms with van der Waals surface area (Å²) in [5, 5.41) is 4.49. The minimum atomic E-state index is 0. The number of halogens is 3. The summed E-state index contributed by atoms with van der Waals surface area (Å²) in [6.45, 7) is 8.50. The Morgan fingerprint density at radius 3 is 2.24 bits per heavy atom. The van der Waals surface area contributed by atoms with E-state index in [9.17, 15) is 4.79 Å². The van der Waals surface area contributed by atoms with Gasteiger partial charge in [-0.25, -0.2) is 0 Å². The van der Waals surface area contributed by atoms with E-state index >= 15 is 0 Å². The maximum absolute atomic E-state index is 12.5. The number of anilines is 1. The lowest BCUT2D eigenvalue weighted by Crippen LogP contribution is -2.48. The molecular weight excluding hydrogens is 433 g/mol. The molecule has 0 spiro atoms. The molecule has 29 heavy (non-hydrogen) atoms. The highest BCUT2D eigenvalue weighted by Gasteiger charge is 2.22. The second-order valence-electron chi connectivity index (χ2n) is 7.13. The van der Waals surface area contributed by atoms with Crippen molar-refractivity contribution in [1.82, 2.24) is 19.6 Å². The highest BCUT2D eigenvalue weighted by atomic mass is 35.5. The molecule has 6 nitrogen and oxygen atoms in total. The monoisotopic (exact) mass is 463 g/mol. The third kappa shape index (κ3) is 6.78. The van der Waals surface area contributed by atoms with Crippen LogP contribution >= 0.6 is 37.2 Å². The third-order valence-electron chi connectivity index (χ3n) is 5.43. The summed E-state index contributed by atoms with van der Waals surface area (Å²) in [5.41, 5.74) is 11.4. The maximum Gasteiger partial charge on any atom is 0.222 e. The molecule has 0 atom stereocenters. The SMILES string of the molecule is Cc1nn(C)c(C)c1CN1CCN(C(=O)CCc2ccccc2N)CC1.Cl.Cl.Cl. The molecule has 0 unspecified atom stereocenters. The highest BCUT2D eigenvalue weighted by Crippen LogP contribution is 2.17. The fourth-order valence-electron chi connectivity index (χ4n) is 3.59. The number of aromatic nitrogens is 2. The molecule has 2 heterocycles. The van der Waals surface area contributed by atoms with E-state index in [1.807, 2.05) is 40.9 Å². The molecule has 0 aliphatic carbocycles. The van der Waals surface area contributed by atoms with E-state index in [1.54, 1.807) is 0 Å². The Balaban J connectivity index is 0.00000261. The number of nitrogens with zero attached hydrogens (tertiary/aromatic N) is 4. The van der Waals surface area contributed by atoms with Gasteiger partial charge in [-0.3, -0.25) is 14.4 Å². The van der Waals surface area contributed by atoms with Crippen LogP contribution in [-0.2, 0) is 24.8 Å². The van der Waals surface area contributed by atoms with E-state index in [0.29, 0.717) is 12.8 Å². The first kappa shape index (κ1) is 27.5. The van der Waals surface area contributed by atoms with Crippen molar-refractivity contribution in [2.75, 3.05) is 31.9 Å². The quantitative estimate of drug-likeness (QED) is 0.690. The van der Waals surface area contributed by atoms with Crippen LogP contribution in [0.2, 0.25) is 0 Å². The van der Waals surface area contributed by atoms with Crippen LogP contribution in [0.25, 0.3) is 0 Å². The van der Waals surface area contributed by atoms with Gasteiger partial charge < -0.3 is 10.6 Å². The largest absolute Gasteiger partial charge is 0.399 e. The number of carbonyl (C=O) groups excluding carboxylic acids is 1. The molecular formula is C20H32Cl3N5O. The van der Waals surface area contributed by atoms with Crippen LogP contribution in [0.4, 0.5) is 5.69 Å². The third-order valence-corrected chi connectivity index (χ3v) is 5.43. The summed E-state index contributed by atoms with van der Waals surface area (Å²) in [6, 6.07) is 7.78. The van der Waals surface area contributed by atoms with Crippen LogP contribution in [0.3, 0.4) is 0 Å². The van der Waals surface area contributed by atoms with Gasteiger partial charge in [-0.15, -0.1) is 37.2 Å². The summed E-state index contributed by atoms with van der Waals surface area (Å²) >= 11 is 0. The molecule has 0 radical (unpaired) electrons. The Labute approximate surface area is 192 Å². The molecule has 0 saturated carbocycles. The molecule has 2 aromatic rings. The average molecular weight is 465 g/mol. The average Bonchev–Trinajstić information content (AvgIpc) is 2.87. The van der Waals surface area contributed by atoms with Crippen molar-refractivity contribution in [3.8, 4) is 0 Å². The van der Waals surface area contributed by atoms with Gasteiger partial charge in [0, 0.05) is 63.1 Å². The van der Waals surface area contributed by atoms with E-state index in [2.05, 4.69) is 23.8 Å². The van der Waals surface area contributed by atoms with Gasteiger partial charge in [-0.05, 0) is 31.9 Å². The molecule has 164 valence electrons. The number of nitrogen functional groups attached to an aromatic ring is 1. The van der Waals surface area contributed by atoms with Crippen molar-refractivity contribution in [2.45, 2.75) is 33.2 Å². The van der Waals surface area contributed by atoms with Gasteiger partial charge in [0.05, 0.1) is 5.69 Å². The zero-order valence-electron chi connectivity index (χ0n) is 17.3. The van der Waals surface area contributed by atoms with Gasteiger partial charge in [0.1, 0.15) is 0 Å². The lowest BCUT2D eigenvalue weighted by molar-refractivity contribution is -0.133. The summed E-state index contributed by atoms with van der Waals surface area (Å²) in [5.74, 6) is 0.224. The number of nitrogens with two attached hydrogens (primary N) is 1. The Kier molecular flexibility index (Phi) is 11.7. The first-order chi connectivity index (χ1) is 12.5. The number of amides is 1. The molecule has 1 aliphatic heterocycles. The fourth-order valence-corrected chi connectivity index (χ4v) is 3.59. The second-order valence-corrected chi connectivity index (χ2v) is 7.13. The number of carbonyl (C=O) groups is 1. The maximum atomic E-state index is 12.5. The Morgan fingerprint density at radius 1 is 1.07 bits per heavy atom. The summed E-state index contributed by atoms with van der Waals surface area (Å²) in [4.78, 5) is 16.9. The number of hydrogen-bond donors (Lipinski definition) is 1.